The fraction of sp³-hybridized carbons (Fsp3) is 0.105. The van der Waals surface area contributed by atoms with Crippen LogP contribution in [0.4, 0.5) is 4.79 Å². The van der Waals surface area contributed by atoms with E-state index in [0.29, 0.717) is 34.4 Å². The predicted octanol–water partition coefficient (Wildman–Crippen LogP) is 3.47. The molecule has 2 aromatic carbocycles. The van der Waals surface area contributed by atoms with Gasteiger partial charge in [-0.25, -0.2) is 0 Å². The van der Waals surface area contributed by atoms with E-state index < -0.39 is 5.91 Å². The monoisotopic (exact) mass is 402 g/mol. The number of thioether (sulfide) groups is 1. The van der Waals surface area contributed by atoms with Crippen molar-refractivity contribution >= 4 is 46.5 Å². The molecule has 0 saturated carbocycles. The van der Waals surface area contributed by atoms with Gasteiger partial charge in [0.05, 0.1) is 11.4 Å². The van der Waals surface area contributed by atoms with Gasteiger partial charge < -0.3 is 10.1 Å². The minimum absolute atomic E-state index is 0.225. The summed E-state index contributed by atoms with van der Waals surface area (Å²) in [6.45, 7) is 0.685. The number of imide groups is 1. The number of carbonyl (C=O) groups excluding carboxylic acids is 3. The van der Waals surface area contributed by atoms with Crippen LogP contribution in [-0.2, 0) is 4.79 Å². The van der Waals surface area contributed by atoms with Gasteiger partial charge in [0.25, 0.3) is 17.1 Å². The summed E-state index contributed by atoms with van der Waals surface area (Å²) in [6, 6.07) is 13.7. The van der Waals surface area contributed by atoms with Crippen LogP contribution >= 0.6 is 23.4 Å². The van der Waals surface area contributed by atoms with Crippen LogP contribution in [0.2, 0.25) is 5.02 Å². The van der Waals surface area contributed by atoms with Gasteiger partial charge in [0.1, 0.15) is 12.4 Å². The van der Waals surface area contributed by atoms with Crippen molar-refractivity contribution in [2.24, 2.45) is 0 Å². The predicted molar refractivity (Wildman–Crippen MR) is 105 cm³/mol. The third kappa shape index (κ3) is 5.35. The number of hydrogen-bond acceptors (Lipinski definition) is 5. The summed E-state index contributed by atoms with van der Waals surface area (Å²) >= 11 is 6.65. The molecular formula is C19H15ClN2O4S. The quantitative estimate of drug-likeness (QED) is 0.571. The summed E-state index contributed by atoms with van der Waals surface area (Å²) < 4.78 is 5.51. The average molecular weight is 403 g/mol. The average Bonchev–Trinajstić information content (AvgIpc) is 2.97. The SMILES string of the molecule is O=C1NC(=O)/C(=C/c2ccc(C(=O)NCCOc3ccc(Cl)cc3)cc2)S1. The molecule has 0 atom stereocenters. The maximum Gasteiger partial charge on any atom is 0.290 e. The van der Waals surface area contributed by atoms with E-state index in [0.717, 1.165) is 17.3 Å². The Morgan fingerprint density at radius 2 is 1.81 bits per heavy atom. The van der Waals surface area contributed by atoms with Crippen molar-refractivity contribution in [2.75, 3.05) is 13.2 Å². The van der Waals surface area contributed by atoms with Crippen LogP contribution in [0.5, 0.6) is 5.75 Å². The van der Waals surface area contributed by atoms with E-state index in [1.54, 1.807) is 54.6 Å². The Kier molecular flexibility index (Phi) is 6.16. The van der Waals surface area contributed by atoms with Gasteiger partial charge in [0.2, 0.25) is 0 Å². The van der Waals surface area contributed by atoms with Crippen LogP contribution in [-0.4, -0.2) is 30.2 Å². The minimum atomic E-state index is -0.410. The van der Waals surface area contributed by atoms with E-state index >= 15 is 0 Å². The summed E-state index contributed by atoms with van der Waals surface area (Å²) in [5.41, 5.74) is 1.22. The molecule has 1 heterocycles. The molecule has 0 bridgehead atoms. The number of hydrogen-bond donors (Lipinski definition) is 2. The van der Waals surface area contributed by atoms with Crippen molar-refractivity contribution in [2.45, 2.75) is 0 Å². The zero-order chi connectivity index (χ0) is 19.2. The van der Waals surface area contributed by atoms with Crippen LogP contribution in [0, 0.1) is 0 Å². The molecule has 2 N–H and O–H groups in total. The first-order valence-corrected chi connectivity index (χ1v) is 9.22. The lowest BCUT2D eigenvalue weighted by molar-refractivity contribution is -0.115. The van der Waals surface area contributed by atoms with Gasteiger partial charge in [0.15, 0.2) is 0 Å². The molecule has 1 aliphatic rings. The van der Waals surface area contributed by atoms with Gasteiger partial charge in [0, 0.05) is 10.6 Å². The van der Waals surface area contributed by atoms with Gasteiger partial charge in [-0.05, 0) is 59.8 Å². The number of amides is 3. The maximum atomic E-state index is 12.1. The van der Waals surface area contributed by atoms with Gasteiger partial charge >= 0.3 is 0 Å². The Morgan fingerprint density at radius 1 is 1.11 bits per heavy atom. The normalized spacial score (nSPS) is 14.9. The number of nitrogens with one attached hydrogen (secondary N) is 2. The summed E-state index contributed by atoms with van der Waals surface area (Å²) in [5.74, 6) is 0.0444. The topological polar surface area (TPSA) is 84.5 Å². The highest BCUT2D eigenvalue weighted by Crippen LogP contribution is 2.25. The van der Waals surface area contributed by atoms with Crippen molar-refractivity contribution in [1.82, 2.24) is 10.6 Å². The molecule has 0 aromatic heterocycles. The second-order valence-electron chi connectivity index (χ2n) is 5.53. The molecule has 1 saturated heterocycles. The fourth-order valence-corrected chi connectivity index (χ4v) is 3.08. The second-order valence-corrected chi connectivity index (χ2v) is 6.98. The van der Waals surface area contributed by atoms with Crippen LogP contribution in [0.1, 0.15) is 15.9 Å². The van der Waals surface area contributed by atoms with Crippen molar-refractivity contribution in [3.8, 4) is 5.75 Å². The number of ether oxygens (including phenoxy) is 1. The lowest BCUT2D eigenvalue weighted by atomic mass is 10.1. The second kappa shape index (κ2) is 8.75. The molecule has 8 heteroatoms. The Labute approximate surface area is 164 Å². The van der Waals surface area contributed by atoms with E-state index in [2.05, 4.69) is 10.6 Å². The third-order valence-electron chi connectivity index (χ3n) is 3.58. The van der Waals surface area contributed by atoms with Gasteiger partial charge in [-0.3, -0.25) is 19.7 Å². The zero-order valence-electron chi connectivity index (χ0n) is 14.0. The molecule has 6 nitrogen and oxygen atoms in total. The minimum Gasteiger partial charge on any atom is -0.492 e. The summed E-state index contributed by atoms with van der Waals surface area (Å²) in [6.07, 6.45) is 1.60. The lowest BCUT2D eigenvalue weighted by Gasteiger charge is -2.08. The van der Waals surface area contributed by atoms with Gasteiger partial charge in [-0.15, -0.1) is 0 Å². The first-order chi connectivity index (χ1) is 13.0. The first-order valence-electron chi connectivity index (χ1n) is 8.03. The molecule has 0 aliphatic carbocycles. The van der Waals surface area contributed by atoms with E-state index in [1.165, 1.54) is 0 Å². The molecule has 0 radical (unpaired) electrons. The largest absolute Gasteiger partial charge is 0.492 e. The van der Waals surface area contributed by atoms with Crippen LogP contribution < -0.4 is 15.4 Å². The number of rotatable bonds is 6. The summed E-state index contributed by atoms with van der Waals surface area (Å²) in [4.78, 5) is 35.1. The number of carbonyl (C=O) groups is 3. The maximum absolute atomic E-state index is 12.1. The highest BCUT2D eigenvalue weighted by Gasteiger charge is 2.24. The molecule has 0 unspecified atom stereocenters. The molecule has 138 valence electrons. The fourth-order valence-electron chi connectivity index (χ4n) is 2.27. The van der Waals surface area contributed by atoms with Crippen LogP contribution in [0.15, 0.2) is 53.4 Å². The van der Waals surface area contributed by atoms with E-state index in [9.17, 15) is 14.4 Å². The zero-order valence-corrected chi connectivity index (χ0v) is 15.6. The number of benzene rings is 2. The standard InChI is InChI=1S/C19H15ClN2O4S/c20-14-5-7-15(8-6-14)26-10-9-21-17(23)13-3-1-12(2-4-13)11-16-18(24)22-19(25)27-16/h1-8,11H,9-10H2,(H,21,23)(H,22,24,25)/b16-11-. The van der Waals surface area contributed by atoms with Crippen molar-refractivity contribution in [3.05, 3.63) is 69.6 Å². The lowest BCUT2D eigenvalue weighted by Crippen LogP contribution is -2.28. The van der Waals surface area contributed by atoms with Crippen LogP contribution in [0.25, 0.3) is 6.08 Å². The molecule has 2 aromatic rings. The van der Waals surface area contributed by atoms with Crippen molar-refractivity contribution in [3.63, 3.8) is 0 Å². The van der Waals surface area contributed by atoms with Gasteiger partial charge in [-0.2, -0.15) is 0 Å². The Morgan fingerprint density at radius 3 is 2.44 bits per heavy atom. The van der Waals surface area contributed by atoms with E-state index in [4.69, 9.17) is 16.3 Å². The Bertz CT molecular complexity index is 895. The molecule has 27 heavy (non-hydrogen) atoms. The molecule has 3 amide bonds. The molecule has 3 rings (SSSR count). The molecular weight excluding hydrogens is 388 g/mol. The van der Waals surface area contributed by atoms with Crippen molar-refractivity contribution < 1.29 is 19.1 Å². The summed E-state index contributed by atoms with van der Waals surface area (Å²) in [5, 5.41) is 5.21. The number of halogens is 1. The molecule has 1 fully saturated rings. The van der Waals surface area contributed by atoms with Crippen LogP contribution in [0.3, 0.4) is 0 Å². The van der Waals surface area contributed by atoms with Crippen molar-refractivity contribution in [1.29, 1.82) is 0 Å². The Balaban J connectivity index is 1.49. The Hall–Kier alpha value is -2.77. The first kappa shape index (κ1) is 19.0. The third-order valence-corrected chi connectivity index (χ3v) is 4.65. The smallest absolute Gasteiger partial charge is 0.290 e. The summed E-state index contributed by atoms with van der Waals surface area (Å²) in [7, 11) is 0. The highest BCUT2D eigenvalue weighted by atomic mass is 35.5. The highest BCUT2D eigenvalue weighted by molar-refractivity contribution is 8.18. The van der Waals surface area contributed by atoms with Gasteiger partial charge in [-0.1, -0.05) is 23.7 Å². The van der Waals surface area contributed by atoms with E-state index in [-0.39, 0.29) is 11.1 Å². The van der Waals surface area contributed by atoms with E-state index in [1.807, 2.05) is 0 Å². The molecule has 1 aliphatic heterocycles. The molecule has 0 spiro atoms.